The molecule has 1 aromatic heterocycles. The third kappa shape index (κ3) is 6.37. The summed E-state index contributed by atoms with van der Waals surface area (Å²) in [6, 6.07) is 11.1. The Morgan fingerprint density at radius 3 is 1.91 bits per heavy atom. The molecule has 0 amide bonds. The van der Waals surface area contributed by atoms with Crippen LogP contribution in [-0.4, -0.2) is 28.8 Å². The van der Waals surface area contributed by atoms with E-state index in [1.54, 1.807) is 0 Å². The Labute approximate surface area is 176 Å². The molecule has 0 saturated carbocycles. The average Bonchev–Trinajstić information content (AvgIpc) is 2.65. The molecule has 0 saturated heterocycles. The molecule has 32 heavy (non-hydrogen) atoms. The Kier molecular flexibility index (Phi) is 6.28. The molecule has 0 radical (unpaired) electrons. The fraction of sp³-hybridized carbons (Fsp3) is 0.143. The summed E-state index contributed by atoms with van der Waals surface area (Å²) in [6.45, 7) is 0. The monoisotopic (exact) mass is 457 g/mol. The molecule has 0 fully saturated rings. The first-order valence-electron chi connectivity index (χ1n) is 8.83. The second kappa shape index (κ2) is 8.77. The minimum absolute atomic E-state index is 0.107. The lowest BCUT2D eigenvalue weighted by atomic mass is 9.97. The van der Waals surface area contributed by atoms with Crippen LogP contribution in [0.25, 0.3) is 22.4 Å². The van der Waals surface area contributed by atoms with Crippen molar-refractivity contribution in [2.75, 3.05) is 0 Å². The van der Waals surface area contributed by atoms with Gasteiger partial charge in [0.25, 0.3) is 0 Å². The predicted octanol–water partition coefficient (Wildman–Crippen LogP) is 5.84. The largest absolute Gasteiger partial charge is 0.573 e. The van der Waals surface area contributed by atoms with Crippen molar-refractivity contribution < 1.29 is 45.7 Å². The Morgan fingerprint density at radius 2 is 1.38 bits per heavy atom. The van der Waals surface area contributed by atoms with E-state index in [0.29, 0.717) is 0 Å². The number of pyridine rings is 1. The van der Waals surface area contributed by atoms with E-state index in [1.165, 1.54) is 36.5 Å². The summed E-state index contributed by atoms with van der Waals surface area (Å²) in [5, 5.41) is 9.04. The van der Waals surface area contributed by atoms with Crippen LogP contribution in [0, 0.1) is 0 Å². The summed E-state index contributed by atoms with van der Waals surface area (Å²) in [5.41, 5.74) is 0.895. The third-order valence-electron chi connectivity index (χ3n) is 4.02. The maximum atomic E-state index is 12.6. The van der Waals surface area contributed by atoms with E-state index in [2.05, 4.69) is 14.5 Å². The first-order valence-corrected chi connectivity index (χ1v) is 8.83. The zero-order valence-electron chi connectivity index (χ0n) is 15.9. The molecule has 0 bridgehead atoms. The third-order valence-corrected chi connectivity index (χ3v) is 4.02. The number of carbonyl (C=O) groups is 1. The topological polar surface area (TPSA) is 68.7 Å². The Hall–Kier alpha value is -3.76. The highest BCUT2D eigenvalue weighted by Crippen LogP contribution is 2.36. The van der Waals surface area contributed by atoms with Gasteiger partial charge >= 0.3 is 18.7 Å². The Bertz CT molecular complexity index is 1130. The summed E-state index contributed by atoms with van der Waals surface area (Å²) >= 11 is 0. The average molecular weight is 457 g/mol. The van der Waals surface area contributed by atoms with Crippen molar-refractivity contribution in [3.8, 4) is 33.9 Å². The second-order valence-corrected chi connectivity index (χ2v) is 6.46. The number of benzene rings is 2. The SMILES string of the molecule is O=C(O)Cc1cnc(-c2cccc(OC(F)(F)F)c2)c(-c2cccc(OC(F)(F)F)c2)c1. The number of carboxylic acids is 1. The standard InChI is InChI=1S/C21H13F6NO4/c22-20(23,24)31-15-5-1-3-13(9-15)17-7-12(8-18(29)30)11-28-19(17)14-4-2-6-16(10-14)32-21(25,26)27/h1-7,9-11H,8H2,(H,29,30). The van der Waals surface area contributed by atoms with Gasteiger partial charge in [-0.05, 0) is 41.5 Å². The summed E-state index contributed by atoms with van der Waals surface area (Å²) in [6.07, 6.45) is -9.06. The molecule has 2 aromatic carbocycles. The van der Waals surface area contributed by atoms with Crippen molar-refractivity contribution in [1.82, 2.24) is 4.98 Å². The van der Waals surface area contributed by atoms with Crippen molar-refractivity contribution in [2.24, 2.45) is 0 Å². The van der Waals surface area contributed by atoms with Gasteiger partial charge in [0.05, 0.1) is 12.1 Å². The minimum Gasteiger partial charge on any atom is -0.481 e. The van der Waals surface area contributed by atoms with E-state index in [4.69, 9.17) is 5.11 Å². The first kappa shape index (κ1) is 22.9. The summed E-state index contributed by atoms with van der Waals surface area (Å²) in [4.78, 5) is 15.2. The maximum Gasteiger partial charge on any atom is 0.573 e. The molecular formula is C21H13F6NO4. The summed E-state index contributed by atoms with van der Waals surface area (Å²) in [7, 11) is 0. The molecule has 1 N–H and O–H groups in total. The second-order valence-electron chi connectivity index (χ2n) is 6.46. The van der Waals surface area contributed by atoms with Crippen molar-refractivity contribution in [3.63, 3.8) is 0 Å². The molecular weight excluding hydrogens is 444 g/mol. The van der Waals surface area contributed by atoms with Crippen LogP contribution in [-0.2, 0) is 11.2 Å². The Balaban J connectivity index is 2.12. The molecule has 0 unspecified atom stereocenters. The van der Waals surface area contributed by atoms with Gasteiger partial charge in [-0.3, -0.25) is 9.78 Å². The first-order chi connectivity index (χ1) is 14.9. The molecule has 0 aliphatic rings. The summed E-state index contributed by atoms with van der Waals surface area (Å²) < 4.78 is 83.4. The van der Waals surface area contributed by atoms with E-state index >= 15 is 0 Å². The molecule has 3 rings (SSSR count). The molecule has 5 nitrogen and oxygen atoms in total. The van der Waals surface area contributed by atoms with E-state index in [1.807, 2.05) is 0 Å². The number of hydrogen-bond donors (Lipinski definition) is 1. The van der Waals surface area contributed by atoms with Gasteiger partial charge in [0.1, 0.15) is 11.5 Å². The number of halogens is 6. The molecule has 0 aliphatic heterocycles. The van der Waals surface area contributed by atoms with Crippen LogP contribution in [0.5, 0.6) is 11.5 Å². The molecule has 0 atom stereocenters. The molecule has 0 aliphatic carbocycles. The van der Waals surface area contributed by atoms with Gasteiger partial charge in [0.15, 0.2) is 0 Å². The Morgan fingerprint density at radius 1 is 0.844 bits per heavy atom. The van der Waals surface area contributed by atoms with Gasteiger partial charge in [-0.2, -0.15) is 0 Å². The van der Waals surface area contributed by atoms with Crippen LogP contribution in [0.2, 0.25) is 0 Å². The lowest BCUT2D eigenvalue weighted by Gasteiger charge is -2.15. The van der Waals surface area contributed by atoms with Crippen LogP contribution >= 0.6 is 0 Å². The zero-order chi connectivity index (χ0) is 23.5. The van der Waals surface area contributed by atoms with Crippen LogP contribution in [0.4, 0.5) is 26.3 Å². The zero-order valence-corrected chi connectivity index (χ0v) is 15.9. The highest BCUT2D eigenvalue weighted by molar-refractivity contribution is 5.83. The molecule has 0 spiro atoms. The minimum atomic E-state index is -4.94. The van der Waals surface area contributed by atoms with E-state index in [-0.39, 0.29) is 27.9 Å². The van der Waals surface area contributed by atoms with Crippen LogP contribution in [0.1, 0.15) is 5.56 Å². The van der Waals surface area contributed by atoms with Gasteiger partial charge in [0, 0.05) is 17.3 Å². The number of aromatic nitrogens is 1. The fourth-order valence-electron chi connectivity index (χ4n) is 2.93. The molecule has 3 aromatic rings. The number of hydrogen-bond acceptors (Lipinski definition) is 4. The van der Waals surface area contributed by atoms with Crippen LogP contribution in [0.3, 0.4) is 0 Å². The van der Waals surface area contributed by atoms with Crippen LogP contribution < -0.4 is 9.47 Å². The normalized spacial score (nSPS) is 11.8. The number of rotatable bonds is 6. The number of aliphatic carboxylic acids is 1. The van der Waals surface area contributed by atoms with Crippen molar-refractivity contribution >= 4 is 5.97 Å². The van der Waals surface area contributed by atoms with Gasteiger partial charge in [-0.15, -0.1) is 26.3 Å². The van der Waals surface area contributed by atoms with E-state index < -0.39 is 36.6 Å². The van der Waals surface area contributed by atoms with Gasteiger partial charge < -0.3 is 14.6 Å². The quantitative estimate of drug-likeness (QED) is 0.471. The van der Waals surface area contributed by atoms with E-state index in [0.717, 1.165) is 24.3 Å². The van der Waals surface area contributed by atoms with E-state index in [9.17, 15) is 31.1 Å². The van der Waals surface area contributed by atoms with Crippen molar-refractivity contribution in [2.45, 2.75) is 19.1 Å². The van der Waals surface area contributed by atoms with Gasteiger partial charge in [0.2, 0.25) is 0 Å². The molecule has 1 heterocycles. The predicted molar refractivity (Wildman–Crippen MR) is 99.8 cm³/mol. The van der Waals surface area contributed by atoms with Gasteiger partial charge in [-0.25, -0.2) is 0 Å². The van der Waals surface area contributed by atoms with Crippen molar-refractivity contribution in [3.05, 3.63) is 66.4 Å². The number of nitrogens with zero attached hydrogens (tertiary/aromatic N) is 1. The molecule has 11 heteroatoms. The molecule has 168 valence electrons. The summed E-state index contributed by atoms with van der Waals surface area (Å²) in [5.74, 6) is -2.22. The lowest BCUT2D eigenvalue weighted by Crippen LogP contribution is -2.17. The lowest BCUT2D eigenvalue weighted by molar-refractivity contribution is -0.275. The fourth-order valence-corrected chi connectivity index (χ4v) is 2.93. The maximum absolute atomic E-state index is 12.6. The number of carboxylic acid groups (broad SMARTS) is 1. The number of ether oxygens (including phenoxy) is 2. The highest BCUT2D eigenvalue weighted by Gasteiger charge is 2.32. The highest BCUT2D eigenvalue weighted by atomic mass is 19.4. The number of alkyl halides is 6. The van der Waals surface area contributed by atoms with Crippen molar-refractivity contribution in [1.29, 1.82) is 0 Å². The van der Waals surface area contributed by atoms with Gasteiger partial charge in [-0.1, -0.05) is 24.3 Å². The smallest absolute Gasteiger partial charge is 0.481 e. The van der Waals surface area contributed by atoms with Crippen LogP contribution in [0.15, 0.2) is 60.8 Å².